The molecule has 10 nitrogen and oxygen atoms in total. The van der Waals surface area contributed by atoms with Crippen LogP contribution < -0.4 is 10.6 Å². The van der Waals surface area contributed by atoms with Gasteiger partial charge in [-0.25, -0.2) is 14.6 Å². The molecular formula is C23H29N7O3S. The summed E-state index contributed by atoms with van der Waals surface area (Å²) in [6, 6.07) is 9.98. The minimum atomic E-state index is -1.18. The molecule has 2 unspecified atom stereocenters. The van der Waals surface area contributed by atoms with E-state index in [-0.39, 0.29) is 18.4 Å². The van der Waals surface area contributed by atoms with Gasteiger partial charge in [-0.3, -0.25) is 4.79 Å². The molecule has 0 aliphatic heterocycles. The molecule has 4 N–H and O–H groups in total. The highest BCUT2D eigenvalue weighted by Gasteiger charge is 2.47. The molecule has 2 aliphatic carbocycles. The van der Waals surface area contributed by atoms with Crippen molar-refractivity contribution in [1.29, 1.82) is 0 Å². The van der Waals surface area contributed by atoms with Gasteiger partial charge in [-0.05, 0) is 31.1 Å². The number of carbonyl (C=O) groups is 1. The average Bonchev–Trinajstić information content (AvgIpc) is 3.40. The van der Waals surface area contributed by atoms with Crippen LogP contribution in [0.3, 0.4) is 0 Å². The number of hydrogen-bond acceptors (Lipinski definition) is 9. The van der Waals surface area contributed by atoms with Gasteiger partial charge < -0.3 is 20.8 Å². The number of rotatable bonds is 8. The summed E-state index contributed by atoms with van der Waals surface area (Å²) >= 11 is 1.41. The Morgan fingerprint density at radius 2 is 1.97 bits per heavy atom. The van der Waals surface area contributed by atoms with Gasteiger partial charge in [0, 0.05) is 18.5 Å². The Morgan fingerprint density at radius 3 is 2.71 bits per heavy atom. The summed E-state index contributed by atoms with van der Waals surface area (Å²) < 4.78 is 1.53. The van der Waals surface area contributed by atoms with Gasteiger partial charge in [-0.2, -0.15) is 0 Å². The van der Waals surface area contributed by atoms with Crippen molar-refractivity contribution < 1.29 is 15.0 Å². The molecule has 5 rings (SSSR count). The van der Waals surface area contributed by atoms with E-state index < -0.39 is 24.2 Å². The second-order valence-corrected chi connectivity index (χ2v) is 9.72. The second kappa shape index (κ2) is 9.47. The Kier molecular flexibility index (Phi) is 6.41. The molecule has 2 aliphatic rings. The van der Waals surface area contributed by atoms with E-state index in [9.17, 15) is 15.0 Å². The van der Waals surface area contributed by atoms with E-state index in [0.717, 1.165) is 12.8 Å². The smallest absolute Gasteiger partial charge is 0.225 e. The van der Waals surface area contributed by atoms with Crippen molar-refractivity contribution in [2.45, 2.75) is 61.6 Å². The lowest BCUT2D eigenvalue weighted by atomic mass is 10.0. The first kappa shape index (κ1) is 23.0. The Bertz CT molecular complexity index is 1170. The first-order valence-corrected chi connectivity index (χ1v) is 12.9. The highest BCUT2D eigenvalue weighted by molar-refractivity contribution is 7.98. The summed E-state index contributed by atoms with van der Waals surface area (Å²) in [6.45, 7) is 2.49. The Hall–Kier alpha value is -2.76. The standard InChI is InChI=1S/C23H29N7O3S/c1-3-9-24-22(33)14-11-16(19(32)18(14)31)30-21-17(28-29-30)20(26-23(27-21)34-2)25-15-10-13(15)12-7-5-4-6-8-12/h4-8,13-16,18-19,31-32H,3,9-11H2,1-2H3,(H,24,33)(H,25,26,27)/t13?,14-,15?,16+,18+,19-/m1/s1. The Morgan fingerprint density at radius 1 is 1.18 bits per heavy atom. The first-order valence-electron chi connectivity index (χ1n) is 11.6. The van der Waals surface area contributed by atoms with Crippen LogP contribution in [0, 0.1) is 5.92 Å². The number of nitrogens with one attached hydrogen (secondary N) is 2. The highest BCUT2D eigenvalue weighted by atomic mass is 32.2. The zero-order valence-corrected chi connectivity index (χ0v) is 19.9. The molecule has 0 bridgehead atoms. The molecule has 2 aromatic heterocycles. The summed E-state index contributed by atoms with van der Waals surface area (Å²) in [5, 5.41) is 36.8. The number of aromatic nitrogens is 5. The van der Waals surface area contributed by atoms with Crippen LogP contribution in [0.4, 0.5) is 5.82 Å². The van der Waals surface area contributed by atoms with E-state index in [4.69, 9.17) is 0 Å². The third-order valence-corrected chi connectivity index (χ3v) is 7.23. The van der Waals surface area contributed by atoms with Crippen LogP contribution in [-0.2, 0) is 4.79 Å². The average molecular weight is 484 g/mol. The van der Waals surface area contributed by atoms with Crippen molar-refractivity contribution in [3.63, 3.8) is 0 Å². The number of aliphatic hydroxyl groups excluding tert-OH is 2. The monoisotopic (exact) mass is 483 g/mol. The number of benzene rings is 1. The minimum Gasteiger partial charge on any atom is -0.390 e. The van der Waals surface area contributed by atoms with Crippen LogP contribution in [0.15, 0.2) is 35.5 Å². The van der Waals surface area contributed by atoms with Crippen LogP contribution in [-0.4, -0.2) is 72.1 Å². The predicted octanol–water partition coefficient (Wildman–Crippen LogP) is 1.72. The van der Waals surface area contributed by atoms with Crippen LogP contribution in [0.1, 0.15) is 43.7 Å². The van der Waals surface area contributed by atoms with Crippen LogP contribution in [0.5, 0.6) is 0 Å². The third-order valence-electron chi connectivity index (χ3n) is 6.68. The van der Waals surface area contributed by atoms with E-state index >= 15 is 0 Å². The zero-order valence-electron chi connectivity index (χ0n) is 19.1. The summed E-state index contributed by atoms with van der Waals surface area (Å²) in [4.78, 5) is 21.7. The summed E-state index contributed by atoms with van der Waals surface area (Å²) in [6.07, 6.45) is 1.60. The van der Waals surface area contributed by atoms with E-state index in [2.05, 4.69) is 43.0 Å². The fourth-order valence-electron chi connectivity index (χ4n) is 4.71. The number of anilines is 1. The molecule has 1 amide bonds. The molecule has 180 valence electrons. The van der Waals surface area contributed by atoms with Gasteiger partial charge in [0.2, 0.25) is 5.91 Å². The van der Waals surface area contributed by atoms with Crippen molar-refractivity contribution in [3.8, 4) is 0 Å². The predicted molar refractivity (Wildman–Crippen MR) is 129 cm³/mol. The number of fused-ring (bicyclic) bond motifs is 1. The SMILES string of the molecule is CCCNC(=O)[C@@H]1C[C@H](n2nnc3c(NC4CC4c4ccccc4)nc(SC)nc32)[C@@H](O)[C@H]1O. The molecule has 11 heteroatoms. The maximum absolute atomic E-state index is 12.5. The van der Waals surface area contributed by atoms with Crippen molar-refractivity contribution in [1.82, 2.24) is 30.3 Å². The summed E-state index contributed by atoms with van der Waals surface area (Å²) in [7, 11) is 0. The van der Waals surface area contributed by atoms with Crippen LogP contribution in [0.25, 0.3) is 11.2 Å². The maximum Gasteiger partial charge on any atom is 0.225 e. The Balaban J connectivity index is 1.41. The number of carbonyl (C=O) groups excluding carboxylic acids is 1. The molecule has 6 atom stereocenters. The van der Waals surface area contributed by atoms with Gasteiger partial charge >= 0.3 is 0 Å². The van der Waals surface area contributed by atoms with Crippen LogP contribution >= 0.6 is 11.8 Å². The largest absolute Gasteiger partial charge is 0.390 e. The molecule has 2 fully saturated rings. The van der Waals surface area contributed by atoms with Crippen molar-refractivity contribution in [2.24, 2.45) is 5.92 Å². The van der Waals surface area contributed by atoms with Gasteiger partial charge in [0.15, 0.2) is 22.1 Å². The van der Waals surface area contributed by atoms with Crippen LogP contribution in [0.2, 0.25) is 0 Å². The second-order valence-electron chi connectivity index (χ2n) is 8.95. The van der Waals surface area contributed by atoms with Gasteiger partial charge in [0.25, 0.3) is 0 Å². The number of hydrogen-bond donors (Lipinski definition) is 4. The van der Waals surface area contributed by atoms with Gasteiger partial charge in [0.1, 0.15) is 6.10 Å². The lowest BCUT2D eigenvalue weighted by molar-refractivity contribution is -0.128. The topological polar surface area (TPSA) is 138 Å². The van der Waals surface area contributed by atoms with E-state index in [0.29, 0.717) is 34.6 Å². The first-order chi connectivity index (χ1) is 16.5. The van der Waals surface area contributed by atoms with E-state index in [1.165, 1.54) is 22.0 Å². The van der Waals surface area contributed by atoms with Gasteiger partial charge in [-0.15, -0.1) is 5.10 Å². The molecule has 2 saturated carbocycles. The lowest BCUT2D eigenvalue weighted by Crippen LogP contribution is -2.38. The van der Waals surface area contributed by atoms with Gasteiger partial charge in [0.05, 0.1) is 18.1 Å². The van der Waals surface area contributed by atoms with E-state index in [1.54, 1.807) is 0 Å². The molecule has 2 heterocycles. The fourth-order valence-corrected chi connectivity index (χ4v) is 5.08. The number of thioether (sulfide) groups is 1. The highest BCUT2D eigenvalue weighted by Crippen LogP contribution is 2.43. The zero-order chi connectivity index (χ0) is 23.8. The fraction of sp³-hybridized carbons (Fsp3) is 0.522. The molecule has 0 spiro atoms. The van der Waals surface area contributed by atoms with Crippen molar-refractivity contribution in [3.05, 3.63) is 35.9 Å². The number of nitrogens with zero attached hydrogens (tertiary/aromatic N) is 5. The molecule has 0 radical (unpaired) electrons. The van der Waals surface area contributed by atoms with E-state index in [1.807, 2.05) is 31.4 Å². The summed E-state index contributed by atoms with van der Waals surface area (Å²) in [5.41, 5.74) is 2.27. The third kappa shape index (κ3) is 4.23. The molecule has 34 heavy (non-hydrogen) atoms. The molecule has 1 aromatic carbocycles. The Labute approximate surface area is 201 Å². The number of aliphatic hydroxyl groups is 2. The minimum absolute atomic E-state index is 0.242. The molecule has 3 aromatic rings. The van der Waals surface area contributed by atoms with Crippen molar-refractivity contribution >= 4 is 34.7 Å². The summed E-state index contributed by atoms with van der Waals surface area (Å²) in [5.74, 6) is 0.0358. The lowest BCUT2D eigenvalue weighted by Gasteiger charge is -2.17. The quantitative estimate of drug-likeness (QED) is 0.279. The number of amides is 1. The maximum atomic E-state index is 12.5. The van der Waals surface area contributed by atoms with Crippen molar-refractivity contribution in [2.75, 3.05) is 18.1 Å². The molecule has 0 saturated heterocycles. The molecular weight excluding hydrogens is 454 g/mol. The van der Waals surface area contributed by atoms with Gasteiger partial charge in [-0.1, -0.05) is 54.2 Å². The normalized spacial score (nSPS) is 28.2.